The molecule has 3 rings (SSSR count). The summed E-state index contributed by atoms with van der Waals surface area (Å²) in [5.74, 6) is 0.547. The van der Waals surface area contributed by atoms with Gasteiger partial charge < -0.3 is 9.47 Å². The SMILES string of the molecule is CCS(=O)(=O)c1nnc(NC(=O)C(C#N)=Cc2ccc(OCCOc3ccc(C)cc3)cc2)s1. The number of hydrogen-bond donors (Lipinski definition) is 1. The van der Waals surface area contributed by atoms with Crippen LogP contribution in [0.25, 0.3) is 6.08 Å². The summed E-state index contributed by atoms with van der Waals surface area (Å²) in [5, 5.41) is 19.0. The average Bonchev–Trinajstić information content (AvgIpc) is 3.31. The number of nitriles is 1. The maximum absolute atomic E-state index is 12.4. The van der Waals surface area contributed by atoms with Crippen molar-refractivity contribution in [1.29, 1.82) is 5.26 Å². The Bertz CT molecular complexity index is 1310. The fraction of sp³-hybridized carbons (Fsp3) is 0.217. The van der Waals surface area contributed by atoms with Crippen LogP contribution in [-0.4, -0.2) is 43.5 Å². The Morgan fingerprint density at radius 2 is 1.65 bits per heavy atom. The first kappa shape index (κ1) is 24.9. The van der Waals surface area contributed by atoms with Gasteiger partial charge in [0.2, 0.25) is 19.3 Å². The van der Waals surface area contributed by atoms with Gasteiger partial charge in [-0.15, -0.1) is 10.2 Å². The molecule has 3 aromatic rings. The van der Waals surface area contributed by atoms with Crippen LogP contribution in [0.3, 0.4) is 0 Å². The maximum atomic E-state index is 12.4. The molecule has 1 heterocycles. The van der Waals surface area contributed by atoms with Gasteiger partial charge in [-0.1, -0.05) is 48.1 Å². The van der Waals surface area contributed by atoms with Gasteiger partial charge in [0, 0.05) is 0 Å². The summed E-state index contributed by atoms with van der Waals surface area (Å²) >= 11 is 0.732. The number of hydrogen-bond acceptors (Lipinski definition) is 9. The van der Waals surface area contributed by atoms with E-state index in [0.717, 1.165) is 22.6 Å². The molecule has 0 saturated carbocycles. The quantitative estimate of drug-likeness (QED) is 0.194. The number of carbonyl (C=O) groups is 1. The van der Waals surface area contributed by atoms with E-state index in [4.69, 9.17) is 9.47 Å². The lowest BCUT2D eigenvalue weighted by Crippen LogP contribution is -2.13. The lowest BCUT2D eigenvalue weighted by molar-refractivity contribution is -0.112. The number of rotatable bonds is 10. The number of anilines is 1. The number of nitrogens with one attached hydrogen (secondary N) is 1. The fourth-order valence-corrected chi connectivity index (χ4v) is 4.59. The zero-order valence-electron chi connectivity index (χ0n) is 18.5. The molecule has 0 aliphatic heterocycles. The van der Waals surface area contributed by atoms with E-state index in [-0.39, 0.29) is 20.8 Å². The second-order valence-corrected chi connectivity index (χ2v) is 10.4. The topological polar surface area (TPSA) is 131 Å². The molecule has 176 valence electrons. The van der Waals surface area contributed by atoms with Crippen molar-refractivity contribution in [3.8, 4) is 17.6 Å². The standard InChI is InChI=1S/C23H22N4O5S2/c1-3-34(29,30)23-27-26-22(33-23)25-21(28)18(15-24)14-17-6-10-20(11-7-17)32-13-12-31-19-8-4-16(2)5-9-19/h4-11,14H,3,12-13H2,1-2H3,(H,25,26,28). The van der Waals surface area contributed by atoms with Crippen LogP contribution in [-0.2, 0) is 14.6 Å². The molecule has 9 nitrogen and oxygen atoms in total. The highest BCUT2D eigenvalue weighted by molar-refractivity contribution is 7.93. The van der Waals surface area contributed by atoms with Crippen molar-refractivity contribution in [2.45, 2.75) is 18.2 Å². The molecule has 0 aliphatic rings. The van der Waals surface area contributed by atoms with E-state index >= 15 is 0 Å². The van der Waals surface area contributed by atoms with E-state index in [1.54, 1.807) is 24.3 Å². The lowest BCUT2D eigenvalue weighted by atomic mass is 10.1. The highest BCUT2D eigenvalue weighted by atomic mass is 32.2. The Labute approximate surface area is 201 Å². The molecule has 11 heteroatoms. The second-order valence-electron chi connectivity index (χ2n) is 6.98. The normalized spacial score (nSPS) is 11.5. The molecule has 1 N–H and O–H groups in total. The van der Waals surface area contributed by atoms with E-state index < -0.39 is 15.7 Å². The summed E-state index contributed by atoms with van der Waals surface area (Å²) in [6.07, 6.45) is 1.41. The van der Waals surface area contributed by atoms with Crippen LogP contribution in [0, 0.1) is 18.3 Å². The van der Waals surface area contributed by atoms with Crippen LogP contribution < -0.4 is 14.8 Å². The largest absolute Gasteiger partial charge is 0.490 e. The predicted molar refractivity (Wildman–Crippen MR) is 128 cm³/mol. The van der Waals surface area contributed by atoms with Crippen molar-refractivity contribution in [2.24, 2.45) is 0 Å². The van der Waals surface area contributed by atoms with E-state index in [1.165, 1.54) is 13.0 Å². The Balaban J connectivity index is 1.54. The Morgan fingerprint density at radius 1 is 1.06 bits per heavy atom. The van der Waals surface area contributed by atoms with Crippen LogP contribution in [0.2, 0.25) is 0 Å². The number of amides is 1. The zero-order chi connectivity index (χ0) is 24.6. The summed E-state index contributed by atoms with van der Waals surface area (Å²) in [7, 11) is -3.52. The lowest BCUT2D eigenvalue weighted by Gasteiger charge is -2.09. The van der Waals surface area contributed by atoms with Crippen molar-refractivity contribution >= 4 is 38.3 Å². The van der Waals surface area contributed by atoms with Crippen molar-refractivity contribution < 1.29 is 22.7 Å². The number of ether oxygens (including phenoxy) is 2. The third-order valence-corrected chi connectivity index (χ3v) is 7.49. The van der Waals surface area contributed by atoms with Gasteiger partial charge in [-0.05, 0) is 42.8 Å². The zero-order valence-corrected chi connectivity index (χ0v) is 20.1. The number of sulfone groups is 1. The van der Waals surface area contributed by atoms with Gasteiger partial charge in [0.15, 0.2) is 0 Å². The molecule has 34 heavy (non-hydrogen) atoms. The second kappa shape index (κ2) is 11.4. The van der Waals surface area contributed by atoms with Gasteiger partial charge in [0.05, 0.1) is 5.75 Å². The van der Waals surface area contributed by atoms with E-state index in [2.05, 4.69) is 15.5 Å². The van der Waals surface area contributed by atoms with Crippen LogP contribution >= 0.6 is 11.3 Å². The van der Waals surface area contributed by atoms with Crippen molar-refractivity contribution in [1.82, 2.24) is 10.2 Å². The maximum Gasteiger partial charge on any atom is 0.268 e. The van der Waals surface area contributed by atoms with Gasteiger partial charge in [-0.3, -0.25) is 10.1 Å². The molecule has 0 atom stereocenters. The molecular formula is C23H22N4O5S2. The first-order valence-corrected chi connectivity index (χ1v) is 12.7. The van der Waals surface area contributed by atoms with Gasteiger partial charge in [-0.25, -0.2) is 8.42 Å². The van der Waals surface area contributed by atoms with Gasteiger partial charge in [0.25, 0.3) is 5.91 Å². The summed E-state index contributed by atoms with van der Waals surface area (Å²) in [4.78, 5) is 12.4. The predicted octanol–water partition coefficient (Wildman–Crippen LogP) is 3.64. The third-order valence-electron chi connectivity index (χ3n) is 4.47. The highest BCUT2D eigenvalue weighted by Crippen LogP contribution is 2.22. The van der Waals surface area contributed by atoms with E-state index in [1.807, 2.05) is 37.3 Å². The van der Waals surface area contributed by atoms with Crippen LogP contribution in [0.5, 0.6) is 11.5 Å². The molecule has 0 unspecified atom stereocenters. The Kier molecular flexibility index (Phi) is 8.34. The summed E-state index contributed by atoms with van der Waals surface area (Å²) in [5.41, 5.74) is 1.60. The molecule has 0 fully saturated rings. The van der Waals surface area contributed by atoms with Crippen molar-refractivity contribution in [3.05, 3.63) is 65.2 Å². The summed E-state index contributed by atoms with van der Waals surface area (Å²) < 4.78 is 34.7. The fourth-order valence-electron chi connectivity index (χ4n) is 2.60. The first-order valence-electron chi connectivity index (χ1n) is 10.2. The van der Waals surface area contributed by atoms with Gasteiger partial charge >= 0.3 is 0 Å². The molecule has 0 aliphatic carbocycles. The van der Waals surface area contributed by atoms with E-state index in [0.29, 0.717) is 24.5 Å². The number of aromatic nitrogens is 2. The summed E-state index contributed by atoms with van der Waals surface area (Å²) in [6.45, 7) is 4.23. The molecular weight excluding hydrogens is 476 g/mol. The number of nitrogens with zero attached hydrogens (tertiary/aromatic N) is 3. The van der Waals surface area contributed by atoms with Gasteiger partial charge in [-0.2, -0.15) is 5.26 Å². The first-order chi connectivity index (χ1) is 16.3. The molecule has 1 amide bonds. The number of aryl methyl sites for hydroxylation is 1. The number of carbonyl (C=O) groups excluding carboxylic acids is 1. The minimum atomic E-state index is -3.52. The summed E-state index contributed by atoms with van der Waals surface area (Å²) in [6, 6.07) is 16.4. The van der Waals surface area contributed by atoms with Crippen LogP contribution in [0.1, 0.15) is 18.1 Å². The van der Waals surface area contributed by atoms with Crippen molar-refractivity contribution in [3.63, 3.8) is 0 Å². The molecule has 0 bridgehead atoms. The van der Waals surface area contributed by atoms with E-state index in [9.17, 15) is 18.5 Å². The van der Waals surface area contributed by atoms with Gasteiger partial charge in [0.1, 0.15) is 36.4 Å². The molecule has 0 saturated heterocycles. The van der Waals surface area contributed by atoms with Crippen LogP contribution in [0.15, 0.2) is 58.4 Å². The Hall–Kier alpha value is -3.75. The van der Waals surface area contributed by atoms with Crippen molar-refractivity contribution in [2.75, 3.05) is 24.3 Å². The molecule has 2 aromatic carbocycles. The number of benzene rings is 2. The average molecular weight is 499 g/mol. The smallest absolute Gasteiger partial charge is 0.268 e. The minimum Gasteiger partial charge on any atom is -0.490 e. The molecule has 1 aromatic heterocycles. The monoisotopic (exact) mass is 498 g/mol. The third kappa shape index (κ3) is 6.87. The Morgan fingerprint density at radius 3 is 2.21 bits per heavy atom. The van der Waals surface area contributed by atoms with Crippen LogP contribution in [0.4, 0.5) is 5.13 Å². The highest BCUT2D eigenvalue weighted by Gasteiger charge is 2.19. The molecule has 0 spiro atoms. The minimum absolute atomic E-state index is 0.00483. The molecule has 0 radical (unpaired) electrons.